The standard InChI is InChI=1S/C14H20N2O2/c15-12-5-1-4-11(10-12)14(18)16-8-2-6-13(16)7-3-9-17/h1,4-5,10,13,17H,2-3,6-9,15H2. The second-order valence-corrected chi connectivity index (χ2v) is 4.79. The summed E-state index contributed by atoms with van der Waals surface area (Å²) in [5, 5.41) is 8.88. The predicted molar refractivity (Wildman–Crippen MR) is 71.2 cm³/mol. The second kappa shape index (κ2) is 5.87. The molecule has 18 heavy (non-hydrogen) atoms. The van der Waals surface area contributed by atoms with Crippen molar-refractivity contribution < 1.29 is 9.90 Å². The minimum atomic E-state index is 0.0581. The number of amides is 1. The maximum absolute atomic E-state index is 12.4. The number of carbonyl (C=O) groups is 1. The van der Waals surface area contributed by atoms with Crippen LogP contribution in [0.5, 0.6) is 0 Å². The predicted octanol–water partition coefficient (Wildman–Crippen LogP) is 1.65. The Bertz CT molecular complexity index is 420. The zero-order chi connectivity index (χ0) is 13.0. The van der Waals surface area contributed by atoms with Gasteiger partial charge in [-0.05, 0) is 43.9 Å². The molecular formula is C14H20N2O2. The number of benzene rings is 1. The Morgan fingerprint density at radius 3 is 3.06 bits per heavy atom. The molecule has 0 radical (unpaired) electrons. The Balaban J connectivity index is 2.08. The van der Waals surface area contributed by atoms with E-state index < -0.39 is 0 Å². The minimum Gasteiger partial charge on any atom is -0.399 e. The Morgan fingerprint density at radius 1 is 1.50 bits per heavy atom. The fraction of sp³-hybridized carbons (Fsp3) is 0.500. The molecule has 0 aromatic heterocycles. The van der Waals surface area contributed by atoms with Gasteiger partial charge in [0.1, 0.15) is 0 Å². The summed E-state index contributed by atoms with van der Waals surface area (Å²) >= 11 is 0. The van der Waals surface area contributed by atoms with E-state index in [4.69, 9.17) is 10.8 Å². The van der Waals surface area contributed by atoms with Gasteiger partial charge in [0.2, 0.25) is 0 Å². The third-order valence-electron chi connectivity index (χ3n) is 3.47. The smallest absolute Gasteiger partial charge is 0.254 e. The van der Waals surface area contributed by atoms with Crippen LogP contribution in [0.15, 0.2) is 24.3 Å². The molecule has 1 heterocycles. The average molecular weight is 248 g/mol. The lowest BCUT2D eigenvalue weighted by Gasteiger charge is -2.24. The summed E-state index contributed by atoms with van der Waals surface area (Å²) in [5.41, 5.74) is 6.98. The van der Waals surface area contributed by atoms with Crippen LogP contribution in [-0.2, 0) is 0 Å². The van der Waals surface area contributed by atoms with Crippen LogP contribution in [0.4, 0.5) is 5.69 Å². The van der Waals surface area contributed by atoms with E-state index in [-0.39, 0.29) is 18.6 Å². The van der Waals surface area contributed by atoms with Gasteiger partial charge in [-0.25, -0.2) is 0 Å². The van der Waals surface area contributed by atoms with Gasteiger partial charge in [-0.2, -0.15) is 0 Å². The molecule has 1 amide bonds. The summed E-state index contributed by atoms with van der Waals surface area (Å²) in [4.78, 5) is 14.3. The second-order valence-electron chi connectivity index (χ2n) is 4.79. The van der Waals surface area contributed by atoms with Crippen molar-refractivity contribution in [2.24, 2.45) is 0 Å². The maximum atomic E-state index is 12.4. The van der Waals surface area contributed by atoms with Crippen LogP contribution >= 0.6 is 0 Å². The molecule has 98 valence electrons. The van der Waals surface area contributed by atoms with E-state index in [0.717, 1.165) is 32.2 Å². The summed E-state index contributed by atoms with van der Waals surface area (Å²) in [6.07, 6.45) is 3.72. The van der Waals surface area contributed by atoms with Gasteiger partial charge in [0.05, 0.1) is 0 Å². The number of aliphatic hydroxyl groups is 1. The topological polar surface area (TPSA) is 66.6 Å². The molecule has 1 aromatic rings. The van der Waals surface area contributed by atoms with Gasteiger partial charge in [0, 0.05) is 30.4 Å². The molecule has 1 unspecified atom stereocenters. The van der Waals surface area contributed by atoms with E-state index in [9.17, 15) is 4.79 Å². The molecule has 2 rings (SSSR count). The summed E-state index contributed by atoms with van der Waals surface area (Å²) in [5.74, 6) is 0.0581. The number of anilines is 1. The van der Waals surface area contributed by atoms with Gasteiger partial charge in [0.25, 0.3) is 5.91 Å². The lowest BCUT2D eigenvalue weighted by Crippen LogP contribution is -2.35. The molecule has 1 fully saturated rings. The first-order valence-corrected chi connectivity index (χ1v) is 6.49. The lowest BCUT2D eigenvalue weighted by atomic mass is 10.1. The van der Waals surface area contributed by atoms with Crippen LogP contribution in [0.3, 0.4) is 0 Å². The van der Waals surface area contributed by atoms with Crippen LogP contribution in [0.1, 0.15) is 36.0 Å². The zero-order valence-electron chi connectivity index (χ0n) is 10.5. The molecule has 1 aromatic carbocycles. The molecule has 0 bridgehead atoms. The first-order valence-electron chi connectivity index (χ1n) is 6.49. The quantitative estimate of drug-likeness (QED) is 0.796. The van der Waals surface area contributed by atoms with Gasteiger partial charge >= 0.3 is 0 Å². The van der Waals surface area contributed by atoms with Gasteiger partial charge in [0.15, 0.2) is 0 Å². The maximum Gasteiger partial charge on any atom is 0.254 e. The van der Waals surface area contributed by atoms with Crippen LogP contribution in [0.2, 0.25) is 0 Å². The largest absolute Gasteiger partial charge is 0.399 e. The average Bonchev–Trinajstić information content (AvgIpc) is 2.83. The summed E-state index contributed by atoms with van der Waals surface area (Å²) in [6, 6.07) is 7.39. The molecule has 1 saturated heterocycles. The summed E-state index contributed by atoms with van der Waals surface area (Å²) < 4.78 is 0. The molecule has 3 N–H and O–H groups in total. The van der Waals surface area contributed by atoms with Gasteiger partial charge in [-0.1, -0.05) is 6.07 Å². The number of carbonyl (C=O) groups excluding carboxylic acids is 1. The highest BCUT2D eigenvalue weighted by Gasteiger charge is 2.28. The van der Waals surface area contributed by atoms with E-state index in [1.54, 1.807) is 24.3 Å². The third kappa shape index (κ3) is 2.82. The van der Waals surface area contributed by atoms with E-state index in [2.05, 4.69) is 0 Å². The molecule has 1 aliphatic heterocycles. The fourth-order valence-corrected chi connectivity index (χ4v) is 2.57. The van der Waals surface area contributed by atoms with Crippen LogP contribution in [0, 0.1) is 0 Å². The van der Waals surface area contributed by atoms with Crippen molar-refractivity contribution in [2.45, 2.75) is 31.7 Å². The fourth-order valence-electron chi connectivity index (χ4n) is 2.57. The number of likely N-dealkylation sites (tertiary alicyclic amines) is 1. The summed E-state index contributed by atoms with van der Waals surface area (Å²) in [7, 11) is 0. The van der Waals surface area contributed by atoms with Crippen molar-refractivity contribution in [3.8, 4) is 0 Å². The van der Waals surface area contributed by atoms with Crippen LogP contribution in [0.25, 0.3) is 0 Å². The number of rotatable bonds is 4. The molecule has 4 heteroatoms. The molecule has 0 aliphatic carbocycles. The van der Waals surface area contributed by atoms with Crippen molar-refractivity contribution in [3.63, 3.8) is 0 Å². The first-order chi connectivity index (χ1) is 8.72. The van der Waals surface area contributed by atoms with E-state index in [0.29, 0.717) is 11.3 Å². The van der Waals surface area contributed by atoms with Crippen molar-refractivity contribution in [1.29, 1.82) is 0 Å². The Kier molecular flexibility index (Phi) is 4.20. The number of aliphatic hydroxyl groups excluding tert-OH is 1. The van der Waals surface area contributed by atoms with Crippen LogP contribution in [-0.4, -0.2) is 35.1 Å². The molecular weight excluding hydrogens is 228 g/mol. The molecule has 1 aliphatic rings. The number of nitrogens with two attached hydrogens (primary N) is 1. The minimum absolute atomic E-state index is 0.0581. The van der Waals surface area contributed by atoms with Crippen molar-refractivity contribution in [2.75, 3.05) is 18.9 Å². The van der Waals surface area contributed by atoms with E-state index in [1.165, 1.54) is 0 Å². The number of hydrogen-bond acceptors (Lipinski definition) is 3. The number of hydrogen-bond donors (Lipinski definition) is 2. The molecule has 0 spiro atoms. The van der Waals surface area contributed by atoms with Gasteiger partial charge < -0.3 is 15.7 Å². The molecule has 0 saturated carbocycles. The Labute approximate surface area is 107 Å². The number of nitrogens with zero attached hydrogens (tertiary/aromatic N) is 1. The summed E-state index contributed by atoms with van der Waals surface area (Å²) in [6.45, 7) is 1.00. The van der Waals surface area contributed by atoms with Crippen molar-refractivity contribution >= 4 is 11.6 Å². The van der Waals surface area contributed by atoms with Gasteiger partial charge in [-0.3, -0.25) is 4.79 Å². The zero-order valence-corrected chi connectivity index (χ0v) is 10.5. The third-order valence-corrected chi connectivity index (χ3v) is 3.47. The monoisotopic (exact) mass is 248 g/mol. The Morgan fingerprint density at radius 2 is 2.33 bits per heavy atom. The highest BCUT2D eigenvalue weighted by Crippen LogP contribution is 2.23. The normalized spacial score (nSPS) is 19.2. The molecule has 4 nitrogen and oxygen atoms in total. The number of nitrogen functional groups attached to an aromatic ring is 1. The highest BCUT2D eigenvalue weighted by molar-refractivity contribution is 5.95. The van der Waals surface area contributed by atoms with Crippen molar-refractivity contribution in [1.82, 2.24) is 4.90 Å². The highest BCUT2D eigenvalue weighted by atomic mass is 16.3. The Hall–Kier alpha value is -1.55. The lowest BCUT2D eigenvalue weighted by molar-refractivity contribution is 0.0724. The first kappa shape index (κ1) is 12.9. The van der Waals surface area contributed by atoms with Gasteiger partial charge in [-0.15, -0.1) is 0 Å². The van der Waals surface area contributed by atoms with Crippen LogP contribution < -0.4 is 5.73 Å². The van der Waals surface area contributed by atoms with Crippen molar-refractivity contribution in [3.05, 3.63) is 29.8 Å². The molecule has 1 atom stereocenters. The SMILES string of the molecule is Nc1cccc(C(=O)N2CCCC2CCCO)c1. The van der Waals surface area contributed by atoms with E-state index in [1.807, 2.05) is 4.90 Å². The van der Waals surface area contributed by atoms with E-state index >= 15 is 0 Å².